The molecule has 0 radical (unpaired) electrons. The van der Waals surface area contributed by atoms with E-state index in [-0.39, 0.29) is 6.54 Å². The fraction of sp³-hybridized carbons (Fsp3) is 1.00. The Balaban J connectivity index is 2.54. The second-order valence-electron chi connectivity index (χ2n) is 2.94. The predicted octanol–water partition coefficient (Wildman–Crippen LogP) is 0.925. The lowest BCUT2D eigenvalue weighted by Gasteiger charge is -2.34. The lowest BCUT2D eigenvalue weighted by Crippen LogP contribution is -2.52. The molecule has 1 saturated heterocycles. The number of alkyl halides is 3. The highest BCUT2D eigenvalue weighted by Gasteiger charge is 2.42. The zero-order chi connectivity index (χ0) is 9.90. The van der Waals surface area contributed by atoms with Gasteiger partial charge in [-0.1, -0.05) is 0 Å². The Labute approximate surface area is 79.6 Å². The van der Waals surface area contributed by atoms with Gasteiger partial charge in [-0.05, 0) is 0 Å². The molecule has 2 N–H and O–H groups in total. The molecule has 0 aromatic rings. The van der Waals surface area contributed by atoms with Crippen LogP contribution in [0.15, 0.2) is 0 Å². The quantitative estimate of drug-likeness (QED) is 0.741. The minimum atomic E-state index is -4.18. The first-order valence-electron chi connectivity index (χ1n) is 4.14. The normalized spacial score (nSPS) is 23.1. The number of thioether (sulfide) groups is 1. The van der Waals surface area contributed by atoms with Crippen molar-refractivity contribution in [1.82, 2.24) is 4.90 Å². The summed E-state index contributed by atoms with van der Waals surface area (Å²) in [6, 6.07) is -1.45. The van der Waals surface area contributed by atoms with Crippen molar-refractivity contribution in [3.8, 4) is 0 Å². The smallest absolute Gasteiger partial charge is 0.329 e. The van der Waals surface area contributed by atoms with Gasteiger partial charge in [0.25, 0.3) is 0 Å². The minimum absolute atomic E-state index is 0.339. The van der Waals surface area contributed by atoms with Gasteiger partial charge in [-0.25, -0.2) is 0 Å². The summed E-state index contributed by atoms with van der Waals surface area (Å²) >= 11 is 1.69. The summed E-state index contributed by atoms with van der Waals surface area (Å²) < 4.78 is 37.1. The summed E-state index contributed by atoms with van der Waals surface area (Å²) in [6.07, 6.45) is -4.18. The largest absolute Gasteiger partial charge is 0.405 e. The summed E-state index contributed by atoms with van der Waals surface area (Å²) in [4.78, 5) is 1.43. The molecule has 1 atom stereocenters. The zero-order valence-electron chi connectivity index (χ0n) is 7.18. The molecule has 0 bridgehead atoms. The van der Waals surface area contributed by atoms with Gasteiger partial charge < -0.3 is 5.73 Å². The van der Waals surface area contributed by atoms with E-state index in [4.69, 9.17) is 5.73 Å². The van der Waals surface area contributed by atoms with Gasteiger partial charge in [-0.15, -0.1) is 0 Å². The second-order valence-corrected chi connectivity index (χ2v) is 4.17. The summed E-state index contributed by atoms with van der Waals surface area (Å²) in [5, 5.41) is 0. The van der Waals surface area contributed by atoms with E-state index < -0.39 is 12.2 Å². The lowest BCUT2D eigenvalue weighted by molar-refractivity contribution is -0.179. The van der Waals surface area contributed by atoms with E-state index in [0.717, 1.165) is 11.5 Å². The third-order valence-electron chi connectivity index (χ3n) is 2.09. The van der Waals surface area contributed by atoms with Crippen LogP contribution in [0.4, 0.5) is 13.2 Å². The Bertz CT molecular complexity index is 156. The van der Waals surface area contributed by atoms with Crippen LogP contribution >= 0.6 is 11.8 Å². The molecule has 1 fully saturated rings. The maximum absolute atomic E-state index is 12.4. The third-order valence-corrected chi connectivity index (χ3v) is 3.03. The Morgan fingerprint density at radius 1 is 1.31 bits per heavy atom. The van der Waals surface area contributed by atoms with Crippen molar-refractivity contribution in [3.63, 3.8) is 0 Å². The van der Waals surface area contributed by atoms with E-state index in [0.29, 0.717) is 13.1 Å². The molecule has 1 heterocycles. The number of rotatable bonds is 2. The average Bonchev–Trinajstić information content (AvgIpc) is 2.05. The highest BCUT2D eigenvalue weighted by molar-refractivity contribution is 7.99. The van der Waals surface area contributed by atoms with Crippen molar-refractivity contribution in [2.45, 2.75) is 12.2 Å². The molecule has 78 valence electrons. The molecule has 0 spiro atoms. The number of halogens is 3. The van der Waals surface area contributed by atoms with E-state index in [2.05, 4.69) is 0 Å². The molecule has 6 heteroatoms. The Kier molecular flexibility index (Phi) is 3.87. The first-order chi connectivity index (χ1) is 6.05. The molecule has 1 aliphatic heterocycles. The molecule has 1 unspecified atom stereocenters. The molecule has 0 aliphatic carbocycles. The SMILES string of the molecule is NCC(N1CCSCC1)C(F)(F)F. The van der Waals surface area contributed by atoms with Crippen LogP contribution in [0.1, 0.15) is 0 Å². The van der Waals surface area contributed by atoms with Crippen molar-refractivity contribution in [3.05, 3.63) is 0 Å². The van der Waals surface area contributed by atoms with Gasteiger partial charge in [-0.2, -0.15) is 24.9 Å². The molecular formula is C7H13F3N2S. The van der Waals surface area contributed by atoms with Gasteiger partial charge in [0.15, 0.2) is 0 Å². The number of hydrogen-bond acceptors (Lipinski definition) is 3. The van der Waals surface area contributed by atoms with Crippen LogP contribution in [-0.4, -0.2) is 48.3 Å². The number of nitrogens with zero attached hydrogens (tertiary/aromatic N) is 1. The van der Waals surface area contributed by atoms with Gasteiger partial charge in [0.05, 0.1) is 0 Å². The van der Waals surface area contributed by atoms with Crippen LogP contribution in [0.2, 0.25) is 0 Å². The van der Waals surface area contributed by atoms with Crippen LogP contribution in [0, 0.1) is 0 Å². The van der Waals surface area contributed by atoms with Gasteiger partial charge in [0.1, 0.15) is 6.04 Å². The minimum Gasteiger partial charge on any atom is -0.329 e. The number of nitrogens with two attached hydrogens (primary N) is 1. The topological polar surface area (TPSA) is 29.3 Å². The molecule has 0 saturated carbocycles. The highest BCUT2D eigenvalue weighted by Crippen LogP contribution is 2.25. The summed E-state index contributed by atoms with van der Waals surface area (Å²) in [5.74, 6) is 1.54. The predicted molar refractivity (Wildman–Crippen MR) is 47.8 cm³/mol. The summed E-state index contributed by atoms with van der Waals surface area (Å²) in [7, 11) is 0. The van der Waals surface area contributed by atoms with Gasteiger partial charge >= 0.3 is 6.18 Å². The molecule has 13 heavy (non-hydrogen) atoms. The Morgan fingerprint density at radius 2 is 1.85 bits per heavy atom. The van der Waals surface area contributed by atoms with Crippen LogP contribution in [0.25, 0.3) is 0 Å². The van der Waals surface area contributed by atoms with Crippen molar-refractivity contribution in [2.75, 3.05) is 31.1 Å². The monoisotopic (exact) mass is 214 g/mol. The van der Waals surface area contributed by atoms with E-state index in [1.165, 1.54) is 4.90 Å². The first-order valence-corrected chi connectivity index (χ1v) is 5.29. The molecule has 1 aliphatic rings. The van der Waals surface area contributed by atoms with Crippen molar-refractivity contribution < 1.29 is 13.2 Å². The Hall–Kier alpha value is 0.0600. The molecule has 0 aromatic heterocycles. The molecule has 0 amide bonds. The first kappa shape index (κ1) is 11.1. The van der Waals surface area contributed by atoms with E-state index >= 15 is 0 Å². The maximum atomic E-state index is 12.4. The van der Waals surface area contributed by atoms with Crippen molar-refractivity contribution in [2.24, 2.45) is 5.73 Å². The summed E-state index contributed by atoms with van der Waals surface area (Å²) in [6.45, 7) is 0.645. The van der Waals surface area contributed by atoms with Crippen LogP contribution in [0.3, 0.4) is 0 Å². The molecule has 1 rings (SSSR count). The molecule has 2 nitrogen and oxygen atoms in total. The van der Waals surface area contributed by atoms with Gasteiger partial charge in [-0.3, -0.25) is 4.90 Å². The van der Waals surface area contributed by atoms with Gasteiger partial charge in [0.2, 0.25) is 0 Å². The zero-order valence-corrected chi connectivity index (χ0v) is 8.00. The van der Waals surface area contributed by atoms with Crippen molar-refractivity contribution >= 4 is 11.8 Å². The molecular weight excluding hydrogens is 201 g/mol. The third kappa shape index (κ3) is 3.03. The standard InChI is InChI=1S/C7H13F3N2S/c8-7(9,10)6(5-11)12-1-3-13-4-2-12/h6H,1-5,11H2. The maximum Gasteiger partial charge on any atom is 0.405 e. The fourth-order valence-corrected chi connectivity index (χ4v) is 2.31. The van der Waals surface area contributed by atoms with Crippen LogP contribution in [0.5, 0.6) is 0 Å². The summed E-state index contributed by atoms with van der Waals surface area (Å²) in [5.41, 5.74) is 5.12. The second kappa shape index (κ2) is 4.52. The van der Waals surface area contributed by atoms with Gasteiger partial charge in [0, 0.05) is 31.1 Å². The lowest BCUT2D eigenvalue weighted by atomic mass is 10.2. The van der Waals surface area contributed by atoms with E-state index in [1.807, 2.05) is 0 Å². The Morgan fingerprint density at radius 3 is 2.23 bits per heavy atom. The number of hydrogen-bond donors (Lipinski definition) is 1. The molecule has 0 aromatic carbocycles. The van der Waals surface area contributed by atoms with Crippen molar-refractivity contribution in [1.29, 1.82) is 0 Å². The average molecular weight is 214 g/mol. The fourth-order valence-electron chi connectivity index (χ4n) is 1.38. The van der Waals surface area contributed by atoms with E-state index in [9.17, 15) is 13.2 Å². The van der Waals surface area contributed by atoms with E-state index in [1.54, 1.807) is 11.8 Å². The van der Waals surface area contributed by atoms with Crippen LogP contribution < -0.4 is 5.73 Å². The highest BCUT2D eigenvalue weighted by atomic mass is 32.2. The van der Waals surface area contributed by atoms with Crippen LogP contribution in [-0.2, 0) is 0 Å².